The Labute approximate surface area is 126 Å². The minimum atomic E-state index is -0.423. The first-order chi connectivity index (χ1) is 10.1. The fraction of sp³-hybridized carbons (Fsp3) is 0.588. The largest absolute Gasteiger partial charge is 0.393 e. The maximum atomic E-state index is 12.3. The molecule has 4 heteroatoms. The third-order valence-electron chi connectivity index (χ3n) is 4.44. The number of aryl methyl sites for hydroxylation is 1. The van der Waals surface area contributed by atoms with Crippen LogP contribution in [0.1, 0.15) is 31.7 Å². The summed E-state index contributed by atoms with van der Waals surface area (Å²) in [5.41, 5.74) is 7.27. The molecule has 0 radical (unpaired) electrons. The van der Waals surface area contributed by atoms with Crippen molar-refractivity contribution in [3.05, 3.63) is 35.9 Å². The second-order valence-electron chi connectivity index (χ2n) is 6.03. The summed E-state index contributed by atoms with van der Waals surface area (Å²) in [5, 5.41) is 9.59. The van der Waals surface area contributed by atoms with E-state index < -0.39 is 6.04 Å². The smallest absolute Gasteiger partial charge is 0.239 e. The number of aliphatic hydroxyl groups excluding tert-OH is 1. The maximum Gasteiger partial charge on any atom is 0.239 e. The van der Waals surface area contributed by atoms with Gasteiger partial charge in [0.25, 0.3) is 0 Å². The summed E-state index contributed by atoms with van der Waals surface area (Å²) < 4.78 is 0. The molecule has 1 aliphatic rings. The van der Waals surface area contributed by atoms with Gasteiger partial charge in [0.15, 0.2) is 0 Å². The van der Waals surface area contributed by atoms with Crippen molar-refractivity contribution in [3.63, 3.8) is 0 Å². The molecule has 1 saturated heterocycles. The zero-order valence-corrected chi connectivity index (χ0v) is 12.7. The van der Waals surface area contributed by atoms with Crippen LogP contribution < -0.4 is 5.73 Å². The number of carbonyl (C=O) groups is 1. The summed E-state index contributed by atoms with van der Waals surface area (Å²) >= 11 is 0. The lowest BCUT2D eigenvalue weighted by atomic mass is 9.91. The van der Waals surface area contributed by atoms with E-state index in [1.165, 1.54) is 5.56 Å². The first-order valence-electron chi connectivity index (χ1n) is 7.84. The van der Waals surface area contributed by atoms with E-state index in [-0.39, 0.29) is 12.0 Å². The number of hydrogen-bond donors (Lipinski definition) is 2. The standard InChI is InChI=1S/C17H26N2O2/c1-13(20)15-9-11-19(12-10-15)17(21)16(18)8-7-14-5-3-2-4-6-14/h2-6,13,15-16,20H,7-12,18H2,1H3. The van der Waals surface area contributed by atoms with E-state index in [2.05, 4.69) is 12.1 Å². The van der Waals surface area contributed by atoms with Crippen LogP contribution in [0.3, 0.4) is 0 Å². The molecule has 2 rings (SSSR count). The SMILES string of the molecule is CC(O)C1CCN(C(=O)C(N)CCc2ccccc2)CC1. The van der Waals surface area contributed by atoms with E-state index in [1.807, 2.05) is 30.0 Å². The lowest BCUT2D eigenvalue weighted by Gasteiger charge is -2.34. The van der Waals surface area contributed by atoms with Crippen LogP contribution in [0.25, 0.3) is 0 Å². The minimum absolute atomic E-state index is 0.0509. The van der Waals surface area contributed by atoms with Gasteiger partial charge in [-0.3, -0.25) is 4.79 Å². The Morgan fingerprint density at radius 2 is 1.95 bits per heavy atom. The molecule has 2 atom stereocenters. The molecule has 0 saturated carbocycles. The lowest BCUT2D eigenvalue weighted by molar-refractivity contribution is -0.134. The average molecular weight is 290 g/mol. The summed E-state index contributed by atoms with van der Waals surface area (Å²) in [7, 11) is 0. The number of rotatable bonds is 5. The van der Waals surface area contributed by atoms with Crippen molar-refractivity contribution >= 4 is 5.91 Å². The first-order valence-corrected chi connectivity index (χ1v) is 7.84. The fourth-order valence-corrected chi connectivity index (χ4v) is 2.93. The Balaban J connectivity index is 1.78. The molecule has 1 amide bonds. The zero-order chi connectivity index (χ0) is 15.2. The van der Waals surface area contributed by atoms with Gasteiger partial charge >= 0.3 is 0 Å². The van der Waals surface area contributed by atoms with Gasteiger partial charge in [0.1, 0.15) is 0 Å². The summed E-state index contributed by atoms with van der Waals surface area (Å²) in [6.07, 6.45) is 2.97. The summed E-state index contributed by atoms with van der Waals surface area (Å²) in [6.45, 7) is 3.26. The highest BCUT2D eigenvalue weighted by molar-refractivity contribution is 5.81. The molecule has 116 valence electrons. The number of benzene rings is 1. The molecule has 1 aliphatic heterocycles. The van der Waals surface area contributed by atoms with Crippen molar-refractivity contribution < 1.29 is 9.90 Å². The van der Waals surface area contributed by atoms with Crippen molar-refractivity contribution in [2.75, 3.05) is 13.1 Å². The number of nitrogens with two attached hydrogens (primary N) is 1. The fourth-order valence-electron chi connectivity index (χ4n) is 2.93. The van der Waals surface area contributed by atoms with Crippen molar-refractivity contribution in [2.24, 2.45) is 11.7 Å². The van der Waals surface area contributed by atoms with Crippen LogP contribution >= 0.6 is 0 Å². The van der Waals surface area contributed by atoms with Crippen molar-refractivity contribution in [1.82, 2.24) is 4.90 Å². The van der Waals surface area contributed by atoms with Crippen molar-refractivity contribution in [2.45, 2.75) is 44.8 Å². The van der Waals surface area contributed by atoms with Crippen LogP contribution in [0.4, 0.5) is 0 Å². The number of amides is 1. The molecule has 1 aromatic carbocycles. The van der Waals surface area contributed by atoms with Gasteiger partial charge in [0.2, 0.25) is 5.91 Å². The number of hydrogen-bond acceptors (Lipinski definition) is 3. The Morgan fingerprint density at radius 3 is 2.52 bits per heavy atom. The number of aliphatic hydroxyl groups is 1. The van der Waals surface area contributed by atoms with Gasteiger partial charge in [0, 0.05) is 13.1 Å². The Kier molecular flexibility index (Phi) is 5.76. The van der Waals surface area contributed by atoms with E-state index in [0.29, 0.717) is 25.4 Å². The van der Waals surface area contributed by atoms with Gasteiger partial charge in [-0.1, -0.05) is 30.3 Å². The highest BCUT2D eigenvalue weighted by Crippen LogP contribution is 2.21. The molecule has 0 bridgehead atoms. The molecule has 1 aromatic rings. The predicted octanol–water partition coefficient (Wildman–Crippen LogP) is 1.57. The number of nitrogens with zero attached hydrogens (tertiary/aromatic N) is 1. The number of piperidine rings is 1. The minimum Gasteiger partial charge on any atom is -0.393 e. The van der Waals surface area contributed by atoms with E-state index >= 15 is 0 Å². The zero-order valence-electron chi connectivity index (χ0n) is 12.7. The van der Waals surface area contributed by atoms with Crippen LogP contribution in [0.5, 0.6) is 0 Å². The van der Waals surface area contributed by atoms with Crippen molar-refractivity contribution in [1.29, 1.82) is 0 Å². The van der Waals surface area contributed by atoms with Crippen LogP contribution in [0.2, 0.25) is 0 Å². The Bertz CT molecular complexity index is 439. The van der Waals surface area contributed by atoms with Crippen molar-refractivity contribution in [3.8, 4) is 0 Å². The van der Waals surface area contributed by atoms with Crippen LogP contribution in [-0.4, -0.2) is 41.1 Å². The van der Waals surface area contributed by atoms with Crippen LogP contribution in [0, 0.1) is 5.92 Å². The molecule has 1 fully saturated rings. The van der Waals surface area contributed by atoms with Gasteiger partial charge in [-0.05, 0) is 44.1 Å². The summed E-state index contributed by atoms with van der Waals surface area (Å²) in [5.74, 6) is 0.365. The van der Waals surface area contributed by atoms with E-state index in [9.17, 15) is 9.90 Å². The van der Waals surface area contributed by atoms with Crippen LogP contribution in [-0.2, 0) is 11.2 Å². The molecule has 2 unspecified atom stereocenters. The number of likely N-dealkylation sites (tertiary alicyclic amines) is 1. The normalized spacial score (nSPS) is 19.3. The van der Waals surface area contributed by atoms with E-state index in [1.54, 1.807) is 0 Å². The Morgan fingerprint density at radius 1 is 1.33 bits per heavy atom. The molecular weight excluding hydrogens is 264 g/mol. The van der Waals surface area contributed by atoms with Gasteiger partial charge < -0.3 is 15.7 Å². The molecule has 0 aromatic heterocycles. The molecule has 1 heterocycles. The molecule has 3 N–H and O–H groups in total. The first kappa shape index (κ1) is 16.0. The third kappa shape index (κ3) is 4.55. The quantitative estimate of drug-likeness (QED) is 0.865. The highest BCUT2D eigenvalue weighted by atomic mass is 16.3. The highest BCUT2D eigenvalue weighted by Gasteiger charge is 2.27. The van der Waals surface area contributed by atoms with Crippen LogP contribution in [0.15, 0.2) is 30.3 Å². The lowest BCUT2D eigenvalue weighted by Crippen LogP contribution is -2.48. The Hall–Kier alpha value is -1.39. The topological polar surface area (TPSA) is 66.6 Å². The predicted molar refractivity (Wildman–Crippen MR) is 83.7 cm³/mol. The van der Waals surface area contributed by atoms with Gasteiger partial charge in [-0.25, -0.2) is 0 Å². The molecule has 21 heavy (non-hydrogen) atoms. The molecule has 0 aliphatic carbocycles. The number of carbonyl (C=O) groups excluding carboxylic acids is 1. The van der Waals surface area contributed by atoms with Gasteiger partial charge in [-0.2, -0.15) is 0 Å². The van der Waals surface area contributed by atoms with E-state index in [4.69, 9.17) is 5.73 Å². The average Bonchev–Trinajstić information content (AvgIpc) is 2.53. The summed E-state index contributed by atoms with van der Waals surface area (Å²) in [6, 6.07) is 9.69. The van der Waals surface area contributed by atoms with Gasteiger partial charge in [0.05, 0.1) is 12.1 Å². The molecule has 0 spiro atoms. The van der Waals surface area contributed by atoms with Gasteiger partial charge in [-0.15, -0.1) is 0 Å². The van der Waals surface area contributed by atoms with E-state index in [0.717, 1.165) is 19.3 Å². The molecular formula is C17H26N2O2. The summed E-state index contributed by atoms with van der Waals surface area (Å²) in [4.78, 5) is 14.2. The second kappa shape index (κ2) is 7.57. The third-order valence-corrected chi connectivity index (χ3v) is 4.44. The molecule has 4 nitrogen and oxygen atoms in total. The second-order valence-corrected chi connectivity index (χ2v) is 6.03. The monoisotopic (exact) mass is 290 g/mol. The maximum absolute atomic E-state index is 12.3.